The van der Waals surface area contributed by atoms with E-state index in [0.29, 0.717) is 6.42 Å². The summed E-state index contributed by atoms with van der Waals surface area (Å²) in [6, 6.07) is 3.71. The Morgan fingerprint density at radius 1 is 0.971 bits per heavy atom. The Morgan fingerprint density at radius 3 is 2.23 bits per heavy atom. The SMILES string of the molecule is CCC(C)C(NC(=O)C(Cc1c[nH]c2ccccc12)NC(=O)C(N)C(C)C)C(=O)NC(C)C(=O)O. The van der Waals surface area contributed by atoms with Crippen LogP contribution >= 0.6 is 0 Å². The molecule has 0 aliphatic carbocycles. The Labute approximate surface area is 205 Å². The lowest BCUT2D eigenvalue weighted by Crippen LogP contribution is -2.59. The summed E-state index contributed by atoms with van der Waals surface area (Å²) in [7, 11) is 0. The molecule has 0 radical (unpaired) electrons. The van der Waals surface area contributed by atoms with Gasteiger partial charge in [-0.25, -0.2) is 0 Å². The molecule has 10 nitrogen and oxygen atoms in total. The number of rotatable bonds is 12. The molecule has 0 spiro atoms. The number of benzene rings is 1. The zero-order chi connectivity index (χ0) is 26.3. The molecule has 1 aromatic heterocycles. The molecule has 1 aromatic carbocycles. The van der Waals surface area contributed by atoms with E-state index in [1.807, 2.05) is 45.0 Å². The van der Waals surface area contributed by atoms with Crippen LogP contribution in [0.2, 0.25) is 0 Å². The summed E-state index contributed by atoms with van der Waals surface area (Å²) in [6.07, 6.45) is 2.52. The summed E-state index contributed by atoms with van der Waals surface area (Å²) in [5.41, 5.74) is 7.72. The van der Waals surface area contributed by atoms with Gasteiger partial charge < -0.3 is 31.8 Å². The van der Waals surface area contributed by atoms with E-state index in [1.54, 1.807) is 13.1 Å². The van der Waals surface area contributed by atoms with Crippen molar-refractivity contribution in [2.45, 2.75) is 71.6 Å². The Balaban J connectivity index is 2.31. The number of hydrogen-bond acceptors (Lipinski definition) is 5. The first-order valence-electron chi connectivity index (χ1n) is 11.9. The van der Waals surface area contributed by atoms with Crippen molar-refractivity contribution in [3.8, 4) is 0 Å². The quantitative estimate of drug-likeness (QED) is 0.264. The Bertz CT molecular complexity index is 1050. The van der Waals surface area contributed by atoms with Crippen molar-refractivity contribution in [1.29, 1.82) is 0 Å². The van der Waals surface area contributed by atoms with Gasteiger partial charge in [0.1, 0.15) is 18.1 Å². The normalized spacial score (nSPS) is 15.6. The highest BCUT2D eigenvalue weighted by Gasteiger charge is 2.32. The van der Waals surface area contributed by atoms with E-state index in [2.05, 4.69) is 20.9 Å². The first-order valence-corrected chi connectivity index (χ1v) is 11.9. The molecular formula is C25H37N5O5. The van der Waals surface area contributed by atoms with E-state index < -0.39 is 47.9 Å². The average Bonchev–Trinajstić information content (AvgIpc) is 3.23. The number of aliphatic carboxylic acids is 1. The van der Waals surface area contributed by atoms with E-state index in [1.165, 1.54) is 6.92 Å². The number of carbonyl (C=O) groups excluding carboxylic acids is 3. The number of H-pyrrole nitrogens is 1. The minimum absolute atomic E-state index is 0.136. The molecule has 0 fully saturated rings. The molecule has 5 unspecified atom stereocenters. The third kappa shape index (κ3) is 7.29. The van der Waals surface area contributed by atoms with Gasteiger partial charge in [0.25, 0.3) is 0 Å². The third-order valence-electron chi connectivity index (χ3n) is 6.28. The first kappa shape index (κ1) is 27.8. The van der Waals surface area contributed by atoms with Gasteiger partial charge in [0.15, 0.2) is 0 Å². The number of carbonyl (C=O) groups is 4. The van der Waals surface area contributed by atoms with Gasteiger partial charge in [-0.15, -0.1) is 0 Å². The topological polar surface area (TPSA) is 166 Å². The average molecular weight is 488 g/mol. The molecule has 0 saturated carbocycles. The van der Waals surface area contributed by atoms with E-state index in [9.17, 15) is 19.2 Å². The fourth-order valence-corrected chi connectivity index (χ4v) is 3.62. The lowest BCUT2D eigenvalue weighted by atomic mass is 9.96. The molecule has 3 amide bonds. The van der Waals surface area contributed by atoms with Crippen molar-refractivity contribution in [3.05, 3.63) is 36.0 Å². The second kappa shape index (κ2) is 12.3. The minimum Gasteiger partial charge on any atom is -0.480 e. The molecule has 35 heavy (non-hydrogen) atoms. The highest BCUT2D eigenvalue weighted by molar-refractivity contribution is 5.95. The van der Waals surface area contributed by atoms with Crippen LogP contribution < -0.4 is 21.7 Å². The lowest BCUT2D eigenvalue weighted by molar-refractivity contribution is -0.142. The van der Waals surface area contributed by atoms with Crippen molar-refractivity contribution in [3.63, 3.8) is 0 Å². The highest BCUT2D eigenvalue weighted by atomic mass is 16.4. The van der Waals surface area contributed by atoms with Gasteiger partial charge in [0, 0.05) is 23.5 Å². The predicted octanol–water partition coefficient (Wildman–Crippen LogP) is 1.30. The smallest absolute Gasteiger partial charge is 0.325 e. The van der Waals surface area contributed by atoms with Gasteiger partial charge in [-0.1, -0.05) is 52.3 Å². The lowest BCUT2D eigenvalue weighted by Gasteiger charge is -2.28. The Hall–Kier alpha value is -3.40. The predicted molar refractivity (Wildman–Crippen MR) is 133 cm³/mol. The number of nitrogens with two attached hydrogens (primary N) is 1. The molecular weight excluding hydrogens is 450 g/mol. The summed E-state index contributed by atoms with van der Waals surface area (Å²) < 4.78 is 0. The summed E-state index contributed by atoms with van der Waals surface area (Å²) in [5, 5.41) is 18.0. The fraction of sp³-hybridized carbons (Fsp3) is 0.520. The molecule has 1 heterocycles. The van der Waals surface area contributed by atoms with E-state index in [4.69, 9.17) is 10.8 Å². The van der Waals surface area contributed by atoms with E-state index in [0.717, 1.165) is 16.5 Å². The summed E-state index contributed by atoms with van der Waals surface area (Å²) in [4.78, 5) is 53.3. The molecule has 2 aromatic rings. The summed E-state index contributed by atoms with van der Waals surface area (Å²) in [6.45, 7) is 8.63. The van der Waals surface area contributed by atoms with Crippen molar-refractivity contribution < 1.29 is 24.3 Å². The molecule has 0 aliphatic heterocycles. The molecule has 0 aliphatic rings. The maximum atomic E-state index is 13.4. The number of fused-ring (bicyclic) bond motifs is 1. The van der Waals surface area contributed by atoms with Gasteiger partial charge in [-0.2, -0.15) is 0 Å². The van der Waals surface area contributed by atoms with Crippen LogP contribution in [0.1, 0.15) is 46.6 Å². The van der Waals surface area contributed by atoms with Crippen LogP contribution in [-0.4, -0.2) is 57.9 Å². The second-order valence-electron chi connectivity index (χ2n) is 9.33. The van der Waals surface area contributed by atoms with Crippen molar-refractivity contribution >= 4 is 34.6 Å². The van der Waals surface area contributed by atoms with Gasteiger partial charge in [0.05, 0.1) is 6.04 Å². The van der Waals surface area contributed by atoms with Crippen LogP contribution in [-0.2, 0) is 25.6 Å². The maximum Gasteiger partial charge on any atom is 0.325 e. The number of nitrogens with one attached hydrogen (secondary N) is 4. The van der Waals surface area contributed by atoms with E-state index in [-0.39, 0.29) is 18.3 Å². The molecule has 10 heteroatoms. The van der Waals surface area contributed by atoms with Gasteiger partial charge in [-0.05, 0) is 30.4 Å². The minimum atomic E-state index is -1.18. The van der Waals surface area contributed by atoms with Crippen molar-refractivity contribution in [1.82, 2.24) is 20.9 Å². The largest absolute Gasteiger partial charge is 0.480 e. The maximum absolute atomic E-state index is 13.4. The highest BCUT2D eigenvalue weighted by Crippen LogP contribution is 2.20. The van der Waals surface area contributed by atoms with Crippen LogP contribution in [0, 0.1) is 11.8 Å². The number of aromatic nitrogens is 1. The second-order valence-corrected chi connectivity index (χ2v) is 9.33. The Morgan fingerprint density at radius 2 is 1.63 bits per heavy atom. The van der Waals surface area contributed by atoms with Gasteiger partial charge in [0.2, 0.25) is 17.7 Å². The van der Waals surface area contributed by atoms with Crippen molar-refractivity contribution in [2.75, 3.05) is 0 Å². The first-order chi connectivity index (χ1) is 16.5. The monoisotopic (exact) mass is 487 g/mol. The van der Waals surface area contributed by atoms with Gasteiger partial charge >= 0.3 is 5.97 Å². The van der Waals surface area contributed by atoms with Crippen LogP contribution in [0.25, 0.3) is 10.9 Å². The molecule has 0 bridgehead atoms. The van der Waals surface area contributed by atoms with Crippen LogP contribution in [0.4, 0.5) is 0 Å². The third-order valence-corrected chi connectivity index (χ3v) is 6.28. The summed E-state index contributed by atoms with van der Waals surface area (Å²) in [5.74, 6) is -3.21. The Kier molecular flexibility index (Phi) is 9.82. The molecule has 192 valence electrons. The van der Waals surface area contributed by atoms with Crippen molar-refractivity contribution in [2.24, 2.45) is 17.6 Å². The zero-order valence-corrected chi connectivity index (χ0v) is 20.9. The number of hydrogen-bond donors (Lipinski definition) is 6. The van der Waals surface area contributed by atoms with Crippen LogP contribution in [0.5, 0.6) is 0 Å². The number of aromatic amines is 1. The standard InChI is InChI=1S/C25H37N5O5/c1-6-14(4)21(24(33)28-15(5)25(34)35)30-22(31)19(29-23(32)20(26)13(2)3)11-16-12-27-18-10-8-7-9-17(16)18/h7-10,12-15,19-21,27H,6,11,26H2,1-5H3,(H,28,33)(H,29,32)(H,30,31)(H,34,35). The van der Waals surface area contributed by atoms with Crippen LogP contribution in [0.3, 0.4) is 0 Å². The summed E-state index contributed by atoms with van der Waals surface area (Å²) >= 11 is 0. The number of amides is 3. The number of carboxylic acids is 1. The van der Waals surface area contributed by atoms with Crippen LogP contribution in [0.15, 0.2) is 30.5 Å². The number of para-hydroxylation sites is 1. The van der Waals surface area contributed by atoms with Gasteiger partial charge in [-0.3, -0.25) is 19.2 Å². The molecule has 0 saturated heterocycles. The van der Waals surface area contributed by atoms with E-state index >= 15 is 0 Å². The molecule has 2 rings (SSSR count). The fourth-order valence-electron chi connectivity index (χ4n) is 3.62. The number of carboxylic acid groups (broad SMARTS) is 1. The zero-order valence-electron chi connectivity index (χ0n) is 20.9. The molecule has 7 N–H and O–H groups in total. The molecule has 5 atom stereocenters.